The molecule has 1 N–H and O–H groups in total. The number of carbonyl (C=O) groups excluding carboxylic acids is 1. The number of H-pyrrole nitrogens is 1. The second kappa shape index (κ2) is 4.97. The first kappa shape index (κ1) is 13.2. The van der Waals surface area contributed by atoms with Crippen molar-refractivity contribution in [3.8, 4) is 0 Å². The van der Waals surface area contributed by atoms with Gasteiger partial charge in [-0.2, -0.15) is 0 Å². The third-order valence-electron chi connectivity index (χ3n) is 3.27. The maximum absolute atomic E-state index is 12.7. The predicted octanol–water partition coefficient (Wildman–Crippen LogP) is 5.01. The number of aryl methyl sites for hydroxylation is 1. The summed E-state index contributed by atoms with van der Waals surface area (Å²) in [4.78, 5) is 15.8. The van der Waals surface area contributed by atoms with Gasteiger partial charge >= 0.3 is 0 Å². The van der Waals surface area contributed by atoms with Crippen LogP contribution < -0.4 is 0 Å². The normalized spacial score (nSPS) is 10.9. The number of rotatable bonds is 2. The zero-order valence-electron chi connectivity index (χ0n) is 10.7. The lowest BCUT2D eigenvalue weighted by atomic mass is 10.0. The Morgan fingerprint density at radius 3 is 2.50 bits per heavy atom. The number of ketones is 1. The minimum absolute atomic E-state index is 0.171. The molecule has 0 amide bonds. The number of hydrogen-bond acceptors (Lipinski definition) is 1. The first-order chi connectivity index (χ1) is 9.58. The highest BCUT2D eigenvalue weighted by molar-refractivity contribution is 6.41. The molecule has 0 atom stereocenters. The first-order valence-electron chi connectivity index (χ1n) is 6.14. The highest BCUT2D eigenvalue weighted by atomic mass is 35.5. The van der Waals surface area contributed by atoms with Crippen molar-refractivity contribution in [2.75, 3.05) is 0 Å². The van der Waals surface area contributed by atoms with E-state index in [9.17, 15) is 4.79 Å². The number of halogens is 2. The topological polar surface area (TPSA) is 32.9 Å². The standard InChI is InChI=1S/C16H11Cl2NO/c1-9-5-6-10-11(8-19-14(10)7-9)16(20)15-12(17)3-2-4-13(15)18/h2-8,19H,1H3. The van der Waals surface area contributed by atoms with E-state index in [2.05, 4.69) is 4.98 Å². The van der Waals surface area contributed by atoms with Crippen molar-refractivity contribution in [3.05, 3.63) is 69.3 Å². The molecule has 100 valence electrons. The van der Waals surface area contributed by atoms with E-state index in [0.29, 0.717) is 21.2 Å². The van der Waals surface area contributed by atoms with Crippen LogP contribution in [0.2, 0.25) is 10.0 Å². The summed E-state index contributed by atoms with van der Waals surface area (Å²) < 4.78 is 0. The van der Waals surface area contributed by atoms with Crippen LogP contribution in [0, 0.1) is 6.92 Å². The van der Waals surface area contributed by atoms with E-state index in [0.717, 1.165) is 16.5 Å². The largest absolute Gasteiger partial charge is 0.360 e. The Labute approximate surface area is 126 Å². The van der Waals surface area contributed by atoms with Crippen molar-refractivity contribution in [1.82, 2.24) is 4.98 Å². The second-order valence-electron chi connectivity index (χ2n) is 4.68. The molecular weight excluding hydrogens is 293 g/mol. The summed E-state index contributed by atoms with van der Waals surface area (Å²) >= 11 is 12.2. The number of aromatic nitrogens is 1. The maximum atomic E-state index is 12.7. The van der Waals surface area contributed by atoms with Gasteiger partial charge in [0.1, 0.15) is 0 Å². The Bertz CT molecular complexity index is 800. The summed E-state index contributed by atoms with van der Waals surface area (Å²) in [6.07, 6.45) is 1.70. The van der Waals surface area contributed by atoms with Gasteiger partial charge in [0.25, 0.3) is 0 Å². The average Bonchev–Trinajstić information content (AvgIpc) is 2.81. The van der Waals surface area contributed by atoms with E-state index in [-0.39, 0.29) is 5.78 Å². The lowest BCUT2D eigenvalue weighted by Crippen LogP contribution is -2.02. The fraction of sp³-hybridized carbons (Fsp3) is 0.0625. The molecule has 4 heteroatoms. The number of aromatic amines is 1. The summed E-state index contributed by atoms with van der Waals surface area (Å²) in [5.41, 5.74) is 2.98. The van der Waals surface area contributed by atoms with Gasteiger partial charge in [-0.15, -0.1) is 0 Å². The molecule has 0 saturated carbocycles. The van der Waals surface area contributed by atoms with Gasteiger partial charge in [0.15, 0.2) is 5.78 Å². The molecule has 0 aliphatic rings. The third-order valence-corrected chi connectivity index (χ3v) is 3.90. The minimum atomic E-state index is -0.171. The molecule has 0 unspecified atom stereocenters. The van der Waals surface area contributed by atoms with Crippen LogP contribution in [-0.4, -0.2) is 10.8 Å². The van der Waals surface area contributed by atoms with Gasteiger partial charge < -0.3 is 4.98 Å². The van der Waals surface area contributed by atoms with E-state index >= 15 is 0 Å². The molecule has 20 heavy (non-hydrogen) atoms. The number of carbonyl (C=O) groups is 1. The van der Waals surface area contributed by atoms with Gasteiger partial charge in [-0.25, -0.2) is 0 Å². The molecule has 0 aliphatic heterocycles. The number of hydrogen-bond donors (Lipinski definition) is 1. The average molecular weight is 304 g/mol. The quantitative estimate of drug-likeness (QED) is 0.663. The van der Waals surface area contributed by atoms with Gasteiger partial charge in [-0.1, -0.05) is 41.4 Å². The van der Waals surface area contributed by atoms with Crippen LogP contribution in [-0.2, 0) is 0 Å². The SMILES string of the molecule is Cc1ccc2c(C(=O)c3c(Cl)cccc3Cl)c[nH]c2c1. The molecule has 0 fully saturated rings. The zero-order valence-corrected chi connectivity index (χ0v) is 12.2. The first-order valence-corrected chi connectivity index (χ1v) is 6.90. The summed E-state index contributed by atoms with van der Waals surface area (Å²) in [7, 11) is 0. The Hall–Kier alpha value is -1.77. The smallest absolute Gasteiger partial charge is 0.198 e. The molecule has 0 bridgehead atoms. The Morgan fingerprint density at radius 1 is 1.10 bits per heavy atom. The van der Waals surface area contributed by atoms with Crippen LogP contribution in [0.25, 0.3) is 10.9 Å². The molecule has 0 aliphatic carbocycles. The monoisotopic (exact) mass is 303 g/mol. The van der Waals surface area contributed by atoms with Gasteiger partial charge in [0, 0.05) is 22.7 Å². The van der Waals surface area contributed by atoms with Gasteiger partial charge in [-0.3, -0.25) is 4.79 Å². The van der Waals surface area contributed by atoms with Gasteiger partial charge in [0.2, 0.25) is 0 Å². The highest BCUT2D eigenvalue weighted by Gasteiger charge is 2.19. The van der Waals surface area contributed by atoms with E-state index in [4.69, 9.17) is 23.2 Å². The highest BCUT2D eigenvalue weighted by Crippen LogP contribution is 2.29. The van der Waals surface area contributed by atoms with Crippen LogP contribution in [0.4, 0.5) is 0 Å². The third kappa shape index (κ3) is 2.11. The Kier molecular flexibility index (Phi) is 3.28. The van der Waals surface area contributed by atoms with Crippen molar-refractivity contribution in [2.45, 2.75) is 6.92 Å². The van der Waals surface area contributed by atoms with Crippen LogP contribution in [0.1, 0.15) is 21.5 Å². The molecule has 0 radical (unpaired) electrons. The van der Waals surface area contributed by atoms with Crippen LogP contribution >= 0.6 is 23.2 Å². The van der Waals surface area contributed by atoms with E-state index in [1.807, 2.05) is 25.1 Å². The van der Waals surface area contributed by atoms with Crippen molar-refractivity contribution in [1.29, 1.82) is 0 Å². The van der Waals surface area contributed by atoms with Crippen molar-refractivity contribution < 1.29 is 4.79 Å². The molecule has 0 spiro atoms. The summed E-state index contributed by atoms with van der Waals surface area (Å²) in [6.45, 7) is 2.01. The van der Waals surface area contributed by atoms with Crippen LogP contribution in [0.5, 0.6) is 0 Å². The second-order valence-corrected chi connectivity index (χ2v) is 5.49. The van der Waals surface area contributed by atoms with Crippen molar-refractivity contribution in [2.24, 2.45) is 0 Å². The number of nitrogens with one attached hydrogen (secondary N) is 1. The zero-order chi connectivity index (χ0) is 14.3. The molecule has 0 saturated heterocycles. The van der Waals surface area contributed by atoms with Crippen molar-refractivity contribution in [3.63, 3.8) is 0 Å². The Balaban J connectivity index is 2.18. The maximum Gasteiger partial charge on any atom is 0.198 e. The molecule has 1 heterocycles. The number of benzene rings is 2. The van der Waals surface area contributed by atoms with Gasteiger partial charge in [-0.05, 0) is 30.7 Å². The fourth-order valence-electron chi connectivity index (χ4n) is 2.28. The molecule has 1 aromatic heterocycles. The molecule has 2 nitrogen and oxygen atoms in total. The fourth-order valence-corrected chi connectivity index (χ4v) is 2.85. The van der Waals surface area contributed by atoms with Gasteiger partial charge in [0.05, 0.1) is 15.6 Å². The summed E-state index contributed by atoms with van der Waals surface area (Å²) in [5.74, 6) is -0.171. The Morgan fingerprint density at radius 2 is 1.80 bits per heavy atom. The van der Waals surface area contributed by atoms with Crippen LogP contribution in [0.3, 0.4) is 0 Å². The number of fused-ring (bicyclic) bond motifs is 1. The van der Waals surface area contributed by atoms with E-state index in [1.165, 1.54) is 0 Å². The molecule has 2 aromatic carbocycles. The molecule has 3 rings (SSSR count). The van der Waals surface area contributed by atoms with E-state index in [1.54, 1.807) is 24.4 Å². The van der Waals surface area contributed by atoms with Crippen molar-refractivity contribution >= 4 is 39.9 Å². The summed E-state index contributed by atoms with van der Waals surface area (Å²) in [6, 6.07) is 11.0. The molecular formula is C16H11Cl2NO. The summed E-state index contributed by atoms with van der Waals surface area (Å²) in [5, 5.41) is 1.60. The lowest BCUT2D eigenvalue weighted by Gasteiger charge is -2.05. The van der Waals surface area contributed by atoms with E-state index < -0.39 is 0 Å². The van der Waals surface area contributed by atoms with Crippen LogP contribution in [0.15, 0.2) is 42.6 Å². The predicted molar refractivity (Wildman–Crippen MR) is 82.9 cm³/mol. The molecule has 3 aromatic rings. The minimum Gasteiger partial charge on any atom is -0.360 e. The lowest BCUT2D eigenvalue weighted by molar-refractivity contribution is 0.104.